The van der Waals surface area contributed by atoms with Gasteiger partial charge in [-0.3, -0.25) is 0 Å². The molecule has 132 valence electrons. The van der Waals surface area contributed by atoms with Crippen LogP contribution in [-0.2, 0) is 6.61 Å². The second-order valence-electron chi connectivity index (χ2n) is 6.51. The standard InChI is InChI=1S/C23H22O3/c1-16-4-10-21(11-5-16)25-15-19-6-8-20(9-7-19)23(24)26-22-13-17(2)12-18(3)14-22/h4-14H,15H2,1-3H3. The highest BCUT2D eigenvalue weighted by Crippen LogP contribution is 2.18. The molecule has 0 aliphatic carbocycles. The van der Waals surface area contributed by atoms with Crippen LogP contribution < -0.4 is 9.47 Å². The maximum Gasteiger partial charge on any atom is 0.343 e. The van der Waals surface area contributed by atoms with Gasteiger partial charge in [-0.1, -0.05) is 35.9 Å². The summed E-state index contributed by atoms with van der Waals surface area (Å²) >= 11 is 0. The fourth-order valence-corrected chi connectivity index (χ4v) is 2.70. The number of benzene rings is 3. The minimum Gasteiger partial charge on any atom is -0.489 e. The Balaban J connectivity index is 1.61. The number of ether oxygens (including phenoxy) is 2. The number of hydrogen-bond acceptors (Lipinski definition) is 3. The van der Waals surface area contributed by atoms with E-state index in [9.17, 15) is 4.79 Å². The maximum atomic E-state index is 12.3. The number of carbonyl (C=O) groups excluding carboxylic acids is 1. The second-order valence-corrected chi connectivity index (χ2v) is 6.51. The third kappa shape index (κ3) is 4.73. The minimum absolute atomic E-state index is 0.360. The van der Waals surface area contributed by atoms with Crippen molar-refractivity contribution in [3.05, 3.63) is 94.5 Å². The summed E-state index contributed by atoms with van der Waals surface area (Å²) in [5.41, 5.74) is 4.84. The molecule has 3 aromatic rings. The molecule has 0 saturated heterocycles. The minimum atomic E-state index is -0.360. The average Bonchev–Trinajstić information content (AvgIpc) is 2.61. The number of rotatable bonds is 5. The van der Waals surface area contributed by atoms with Crippen LogP contribution in [-0.4, -0.2) is 5.97 Å². The van der Waals surface area contributed by atoms with E-state index in [0.717, 1.165) is 22.4 Å². The highest BCUT2D eigenvalue weighted by molar-refractivity contribution is 5.91. The molecule has 26 heavy (non-hydrogen) atoms. The molecule has 0 heterocycles. The molecule has 0 spiro atoms. The quantitative estimate of drug-likeness (QED) is 0.458. The molecular weight excluding hydrogens is 324 g/mol. The molecule has 0 aromatic heterocycles. The van der Waals surface area contributed by atoms with Crippen LogP contribution in [0.4, 0.5) is 0 Å². The molecule has 0 unspecified atom stereocenters. The molecule has 0 aliphatic heterocycles. The fourth-order valence-electron chi connectivity index (χ4n) is 2.70. The van der Waals surface area contributed by atoms with E-state index in [-0.39, 0.29) is 5.97 Å². The molecule has 3 rings (SSSR count). The molecule has 0 radical (unpaired) electrons. The van der Waals surface area contributed by atoms with E-state index >= 15 is 0 Å². The van der Waals surface area contributed by atoms with Gasteiger partial charge in [-0.05, 0) is 73.9 Å². The molecule has 0 aliphatic rings. The van der Waals surface area contributed by atoms with Crippen LogP contribution in [0.1, 0.15) is 32.6 Å². The number of aryl methyl sites for hydroxylation is 3. The molecule has 0 atom stereocenters. The topological polar surface area (TPSA) is 35.5 Å². The van der Waals surface area contributed by atoms with Crippen molar-refractivity contribution in [3.8, 4) is 11.5 Å². The van der Waals surface area contributed by atoms with Crippen LogP contribution in [0.25, 0.3) is 0 Å². The van der Waals surface area contributed by atoms with Gasteiger partial charge in [0.25, 0.3) is 0 Å². The predicted octanol–water partition coefficient (Wildman–Crippen LogP) is 5.41. The van der Waals surface area contributed by atoms with E-state index in [2.05, 4.69) is 0 Å². The summed E-state index contributed by atoms with van der Waals surface area (Å²) in [6.07, 6.45) is 0. The summed E-state index contributed by atoms with van der Waals surface area (Å²) < 4.78 is 11.2. The SMILES string of the molecule is Cc1ccc(OCc2ccc(C(=O)Oc3cc(C)cc(C)c3)cc2)cc1. The van der Waals surface area contributed by atoms with Gasteiger partial charge in [-0.25, -0.2) is 4.79 Å². The van der Waals surface area contributed by atoms with Crippen molar-refractivity contribution >= 4 is 5.97 Å². The second kappa shape index (κ2) is 7.87. The van der Waals surface area contributed by atoms with Crippen molar-refractivity contribution in [2.75, 3.05) is 0 Å². The Kier molecular flexibility index (Phi) is 5.37. The Morgan fingerprint density at radius 3 is 1.96 bits per heavy atom. The van der Waals surface area contributed by atoms with Crippen molar-refractivity contribution in [1.29, 1.82) is 0 Å². The Morgan fingerprint density at radius 2 is 1.35 bits per heavy atom. The number of esters is 1. The van der Waals surface area contributed by atoms with Crippen molar-refractivity contribution < 1.29 is 14.3 Å². The summed E-state index contributed by atoms with van der Waals surface area (Å²) in [5.74, 6) is 1.04. The zero-order valence-corrected chi connectivity index (χ0v) is 15.3. The van der Waals surface area contributed by atoms with Crippen LogP contribution in [0.2, 0.25) is 0 Å². The molecular formula is C23H22O3. The molecule has 3 heteroatoms. The van der Waals surface area contributed by atoms with E-state index in [0.29, 0.717) is 17.9 Å². The van der Waals surface area contributed by atoms with Gasteiger partial charge in [0.2, 0.25) is 0 Å². The van der Waals surface area contributed by atoms with Gasteiger partial charge in [-0.15, -0.1) is 0 Å². The van der Waals surface area contributed by atoms with Crippen molar-refractivity contribution in [2.24, 2.45) is 0 Å². The van der Waals surface area contributed by atoms with Gasteiger partial charge in [0.05, 0.1) is 5.56 Å². The highest BCUT2D eigenvalue weighted by atomic mass is 16.5. The van der Waals surface area contributed by atoms with Gasteiger partial charge in [-0.2, -0.15) is 0 Å². The van der Waals surface area contributed by atoms with Crippen LogP contribution in [0.15, 0.2) is 66.7 Å². The molecule has 0 fully saturated rings. The molecule has 0 saturated carbocycles. The highest BCUT2D eigenvalue weighted by Gasteiger charge is 2.09. The number of hydrogen-bond donors (Lipinski definition) is 0. The van der Waals surface area contributed by atoms with Gasteiger partial charge in [0.1, 0.15) is 18.1 Å². The summed E-state index contributed by atoms with van der Waals surface area (Å²) in [6, 6.07) is 21.0. The summed E-state index contributed by atoms with van der Waals surface area (Å²) in [7, 11) is 0. The van der Waals surface area contributed by atoms with E-state index in [1.807, 2.05) is 75.4 Å². The lowest BCUT2D eigenvalue weighted by molar-refractivity contribution is 0.0734. The lowest BCUT2D eigenvalue weighted by atomic mass is 10.1. The first-order valence-electron chi connectivity index (χ1n) is 8.58. The van der Waals surface area contributed by atoms with Crippen LogP contribution in [0.3, 0.4) is 0 Å². The van der Waals surface area contributed by atoms with Crippen molar-refractivity contribution in [3.63, 3.8) is 0 Å². The Bertz CT molecular complexity index is 873. The predicted molar refractivity (Wildman–Crippen MR) is 103 cm³/mol. The van der Waals surface area contributed by atoms with Gasteiger partial charge in [0.15, 0.2) is 0 Å². The zero-order valence-electron chi connectivity index (χ0n) is 15.3. The lowest BCUT2D eigenvalue weighted by Crippen LogP contribution is -2.09. The first-order valence-corrected chi connectivity index (χ1v) is 8.58. The monoisotopic (exact) mass is 346 g/mol. The van der Waals surface area contributed by atoms with E-state index in [1.54, 1.807) is 12.1 Å². The smallest absolute Gasteiger partial charge is 0.343 e. The first kappa shape index (κ1) is 17.7. The van der Waals surface area contributed by atoms with E-state index < -0.39 is 0 Å². The third-order valence-corrected chi connectivity index (χ3v) is 4.02. The van der Waals surface area contributed by atoms with Gasteiger partial charge < -0.3 is 9.47 Å². The van der Waals surface area contributed by atoms with Gasteiger partial charge >= 0.3 is 5.97 Å². The summed E-state index contributed by atoms with van der Waals surface area (Å²) in [4.78, 5) is 12.3. The zero-order chi connectivity index (χ0) is 18.5. The Labute approximate surface area is 154 Å². The molecule has 0 amide bonds. The molecule has 0 bridgehead atoms. The van der Waals surface area contributed by atoms with E-state index in [1.165, 1.54) is 5.56 Å². The third-order valence-electron chi connectivity index (χ3n) is 4.02. The average molecular weight is 346 g/mol. The summed E-state index contributed by atoms with van der Waals surface area (Å²) in [5, 5.41) is 0. The summed E-state index contributed by atoms with van der Waals surface area (Å²) in [6.45, 7) is 6.45. The molecule has 3 nitrogen and oxygen atoms in total. The maximum absolute atomic E-state index is 12.3. The van der Waals surface area contributed by atoms with Crippen LogP contribution in [0, 0.1) is 20.8 Å². The number of carbonyl (C=O) groups is 1. The Morgan fingerprint density at radius 1 is 0.731 bits per heavy atom. The normalized spacial score (nSPS) is 10.4. The van der Waals surface area contributed by atoms with Gasteiger partial charge in [0, 0.05) is 0 Å². The Hall–Kier alpha value is -3.07. The molecule has 3 aromatic carbocycles. The van der Waals surface area contributed by atoms with Crippen LogP contribution >= 0.6 is 0 Å². The first-order chi connectivity index (χ1) is 12.5. The van der Waals surface area contributed by atoms with E-state index in [4.69, 9.17) is 9.47 Å². The van der Waals surface area contributed by atoms with Crippen molar-refractivity contribution in [2.45, 2.75) is 27.4 Å². The fraction of sp³-hybridized carbons (Fsp3) is 0.174. The largest absolute Gasteiger partial charge is 0.489 e. The van der Waals surface area contributed by atoms with Crippen molar-refractivity contribution in [1.82, 2.24) is 0 Å². The lowest BCUT2D eigenvalue weighted by Gasteiger charge is -2.09. The molecule has 0 N–H and O–H groups in total. The van der Waals surface area contributed by atoms with Crippen LogP contribution in [0.5, 0.6) is 11.5 Å².